The van der Waals surface area contributed by atoms with Gasteiger partial charge in [-0.15, -0.1) is 0 Å². The number of rotatable bonds is 7. The Labute approximate surface area is 161 Å². The molecule has 0 N–H and O–H groups in total. The van der Waals surface area contributed by atoms with Crippen LogP contribution in [0.4, 0.5) is 0 Å². The van der Waals surface area contributed by atoms with Crippen molar-refractivity contribution < 1.29 is 19.1 Å². The van der Waals surface area contributed by atoms with E-state index in [9.17, 15) is 9.59 Å². The van der Waals surface area contributed by atoms with Crippen molar-refractivity contribution >= 4 is 11.7 Å². The number of benzene rings is 1. The Morgan fingerprint density at radius 1 is 1.00 bits per heavy atom. The third-order valence-corrected chi connectivity index (χ3v) is 5.78. The molecule has 1 aliphatic heterocycles. The van der Waals surface area contributed by atoms with Gasteiger partial charge >= 0.3 is 0 Å². The lowest BCUT2D eigenvalue weighted by Crippen LogP contribution is -2.51. The average molecular weight is 374 g/mol. The van der Waals surface area contributed by atoms with Crippen LogP contribution in [-0.4, -0.2) is 67.9 Å². The first kappa shape index (κ1) is 19.7. The second-order valence-electron chi connectivity index (χ2n) is 7.34. The molecule has 0 aromatic heterocycles. The van der Waals surface area contributed by atoms with E-state index < -0.39 is 0 Å². The lowest BCUT2D eigenvalue weighted by Gasteiger charge is -2.38. The second-order valence-corrected chi connectivity index (χ2v) is 7.34. The van der Waals surface area contributed by atoms with E-state index in [2.05, 4.69) is 4.90 Å². The maximum absolute atomic E-state index is 12.6. The van der Waals surface area contributed by atoms with Crippen LogP contribution in [0.5, 0.6) is 11.5 Å². The van der Waals surface area contributed by atoms with Crippen molar-refractivity contribution in [2.24, 2.45) is 0 Å². The van der Waals surface area contributed by atoms with Gasteiger partial charge in [0.05, 0.1) is 19.8 Å². The summed E-state index contributed by atoms with van der Waals surface area (Å²) in [7, 11) is 3.10. The minimum Gasteiger partial charge on any atom is -0.497 e. The van der Waals surface area contributed by atoms with Crippen LogP contribution < -0.4 is 9.47 Å². The fraction of sp³-hybridized carbons (Fsp3) is 0.619. The van der Waals surface area contributed by atoms with Gasteiger partial charge < -0.3 is 14.4 Å². The van der Waals surface area contributed by atoms with Gasteiger partial charge in [0.2, 0.25) is 5.91 Å². The molecule has 0 bridgehead atoms. The maximum Gasteiger partial charge on any atom is 0.223 e. The number of hydrogen-bond donors (Lipinski definition) is 0. The van der Waals surface area contributed by atoms with Crippen molar-refractivity contribution in [3.8, 4) is 11.5 Å². The molecule has 1 aliphatic carbocycles. The summed E-state index contributed by atoms with van der Waals surface area (Å²) in [5.41, 5.74) is 0.468. The number of Topliss-reactive ketones (excluding diaryl/α,β-unsaturated/α-hetero) is 1. The van der Waals surface area contributed by atoms with Gasteiger partial charge in [0.25, 0.3) is 0 Å². The minimum absolute atomic E-state index is 0.0660. The predicted molar refractivity (Wildman–Crippen MR) is 104 cm³/mol. The number of nitrogens with zero attached hydrogens (tertiary/aromatic N) is 2. The first-order chi connectivity index (χ1) is 13.1. The third kappa shape index (κ3) is 4.80. The smallest absolute Gasteiger partial charge is 0.223 e. The van der Waals surface area contributed by atoms with E-state index in [1.165, 1.54) is 32.8 Å². The normalized spacial score (nSPS) is 18.5. The van der Waals surface area contributed by atoms with Crippen LogP contribution in [0, 0.1) is 0 Å². The predicted octanol–water partition coefficient (Wildman–Crippen LogP) is 2.75. The van der Waals surface area contributed by atoms with E-state index in [-0.39, 0.29) is 24.5 Å². The second kappa shape index (κ2) is 9.22. The zero-order valence-corrected chi connectivity index (χ0v) is 16.4. The molecule has 0 spiro atoms. The molecule has 1 aromatic carbocycles. The lowest BCUT2D eigenvalue weighted by molar-refractivity contribution is -0.133. The Kier molecular flexibility index (Phi) is 6.72. The molecule has 1 heterocycles. The number of carbonyl (C=O) groups excluding carboxylic acids is 2. The summed E-state index contributed by atoms with van der Waals surface area (Å²) in [5, 5.41) is 0. The van der Waals surface area contributed by atoms with Crippen molar-refractivity contribution in [3.63, 3.8) is 0 Å². The first-order valence-corrected chi connectivity index (χ1v) is 9.89. The Morgan fingerprint density at radius 2 is 1.70 bits per heavy atom. The molecule has 3 rings (SSSR count). The highest BCUT2D eigenvalue weighted by Gasteiger charge is 2.28. The maximum atomic E-state index is 12.6. The van der Waals surface area contributed by atoms with E-state index in [0.29, 0.717) is 23.1 Å². The molecule has 1 amide bonds. The highest BCUT2D eigenvalue weighted by molar-refractivity contribution is 6.00. The quantitative estimate of drug-likeness (QED) is 0.687. The van der Waals surface area contributed by atoms with Crippen molar-refractivity contribution in [2.75, 3.05) is 40.4 Å². The number of ether oxygens (including phenoxy) is 2. The summed E-state index contributed by atoms with van der Waals surface area (Å²) in [4.78, 5) is 29.6. The van der Waals surface area contributed by atoms with Gasteiger partial charge in [-0.05, 0) is 31.0 Å². The number of hydrogen-bond acceptors (Lipinski definition) is 5. The van der Waals surface area contributed by atoms with Crippen molar-refractivity contribution in [1.29, 1.82) is 0 Å². The zero-order valence-electron chi connectivity index (χ0n) is 16.4. The number of piperazine rings is 1. The number of methoxy groups -OCH3 is 2. The Hall–Kier alpha value is -2.08. The van der Waals surface area contributed by atoms with E-state index in [1.54, 1.807) is 25.3 Å². The minimum atomic E-state index is -0.0938. The number of amides is 1. The molecule has 1 aromatic rings. The molecule has 27 heavy (non-hydrogen) atoms. The standard InChI is InChI=1S/C21H30N2O4/c1-26-17-7-9-20(27-2)18(15-17)19(24)8-10-21(25)23-13-11-22(12-14-23)16-5-3-4-6-16/h7,9,15-16H,3-6,8,10-14H2,1-2H3. The van der Waals surface area contributed by atoms with Crippen LogP contribution in [-0.2, 0) is 4.79 Å². The molecule has 0 unspecified atom stereocenters. The average Bonchev–Trinajstić information content (AvgIpc) is 3.26. The summed E-state index contributed by atoms with van der Waals surface area (Å²) < 4.78 is 10.5. The molecule has 0 radical (unpaired) electrons. The van der Waals surface area contributed by atoms with E-state index in [0.717, 1.165) is 26.2 Å². The summed E-state index contributed by atoms with van der Waals surface area (Å²) >= 11 is 0. The molecule has 6 heteroatoms. The van der Waals surface area contributed by atoms with Gasteiger partial charge in [-0.2, -0.15) is 0 Å². The Balaban J connectivity index is 1.50. The molecule has 1 saturated carbocycles. The first-order valence-electron chi connectivity index (χ1n) is 9.89. The largest absolute Gasteiger partial charge is 0.497 e. The monoisotopic (exact) mass is 374 g/mol. The van der Waals surface area contributed by atoms with Crippen LogP contribution in [0.2, 0.25) is 0 Å². The van der Waals surface area contributed by atoms with Gasteiger partial charge in [0.15, 0.2) is 5.78 Å². The number of ketones is 1. The van der Waals surface area contributed by atoms with Crippen LogP contribution in [0.3, 0.4) is 0 Å². The molecule has 1 saturated heterocycles. The fourth-order valence-corrected chi connectivity index (χ4v) is 4.15. The molecule has 6 nitrogen and oxygen atoms in total. The van der Waals surface area contributed by atoms with Crippen LogP contribution in [0.1, 0.15) is 48.9 Å². The topological polar surface area (TPSA) is 59.1 Å². The Bertz CT molecular complexity index is 662. The molecular formula is C21H30N2O4. The van der Waals surface area contributed by atoms with E-state index >= 15 is 0 Å². The molecular weight excluding hydrogens is 344 g/mol. The summed E-state index contributed by atoms with van der Waals surface area (Å²) in [5.74, 6) is 1.09. The van der Waals surface area contributed by atoms with Crippen molar-refractivity contribution in [3.05, 3.63) is 23.8 Å². The molecule has 2 aliphatic rings. The van der Waals surface area contributed by atoms with Gasteiger partial charge in [-0.1, -0.05) is 12.8 Å². The van der Waals surface area contributed by atoms with Crippen LogP contribution >= 0.6 is 0 Å². The van der Waals surface area contributed by atoms with E-state index in [1.807, 2.05) is 4.90 Å². The van der Waals surface area contributed by atoms with Crippen molar-refractivity contribution in [2.45, 2.75) is 44.6 Å². The number of carbonyl (C=O) groups is 2. The van der Waals surface area contributed by atoms with Crippen LogP contribution in [0.25, 0.3) is 0 Å². The third-order valence-electron chi connectivity index (χ3n) is 5.78. The van der Waals surface area contributed by atoms with Crippen molar-refractivity contribution in [1.82, 2.24) is 9.80 Å². The van der Waals surface area contributed by atoms with Gasteiger partial charge in [-0.25, -0.2) is 0 Å². The Morgan fingerprint density at radius 3 is 2.33 bits per heavy atom. The van der Waals surface area contributed by atoms with Gasteiger partial charge in [0, 0.05) is 45.1 Å². The molecule has 2 fully saturated rings. The summed E-state index contributed by atoms with van der Waals surface area (Å²) in [6, 6.07) is 5.86. The fourth-order valence-electron chi connectivity index (χ4n) is 4.15. The molecule has 148 valence electrons. The summed E-state index contributed by atoms with van der Waals surface area (Å²) in [6.45, 7) is 3.44. The highest BCUT2D eigenvalue weighted by atomic mass is 16.5. The van der Waals surface area contributed by atoms with E-state index in [4.69, 9.17) is 9.47 Å². The molecule has 0 atom stereocenters. The SMILES string of the molecule is COc1ccc(OC)c(C(=O)CCC(=O)N2CCN(C3CCCC3)CC2)c1. The highest BCUT2D eigenvalue weighted by Crippen LogP contribution is 2.26. The summed E-state index contributed by atoms with van der Waals surface area (Å²) in [6.07, 6.45) is 5.68. The van der Waals surface area contributed by atoms with Gasteiger partial charge in [0.1, 0.15) is 11.5 Å². The lowest BCUT2D eigenvalue weighted by atomic mass is 10.0. The zero-order chi connectivity index (χ0) is 19.2. The van der Waals surface area contributed by atoms with Gasteiger partial charge in [-0.3, -0.25) is 14.5 Å². The van der Waals surface area contributed by atoms with Crippen LogP contribution in [0.15, 0.2) is 18.2 Å².